The molecule has 6 heteroatoms. The average molecular weight is 375 g/mol. The van der Waals surface area contributed by atoms with Crippen LogP contribution in [0.2, 0.25) is 0 Å². The second kappa shape index (κ2) is 8.47. The summed E-state index contributed by atoms with van der Waals surface area (Å²) in [5.74, 6) is -0.311. The van der Waals surface area contributed by atoms with E-state index >= 15 is 0 Å². The van der Waals surface area contributed by atoms with Crippen LogP contribution in [0.15, 0.2) is 47.4 Å². The molecule has 0 spiro atoms. The highest BCUT2D eigenvalue weighted by atomic mass is 32.2. The lowest BCUT2D eigenvalue weighted by molar-refractivity contribution is -0.121. The topological polar surface area (TPSA) is 66.5 Å². The highest BCUT2D eigenvalue weighted by molar-refractivity contribution is 7.89. The molecule has 2 aromatic rings. The van der Waals surface area contributed by atoms with Gasteiger partial charge in [-0.15, -0.1) is 0 Å². The van der Waals surface area contributed by atoms with Crippen LogP contribution in [-0.2, 0) is 21.4 Å². The van der Waals surface area contributed by atoms with E-state index in [-0.39, 0.29) is 23.9 Å². The van der Waals surface area contributed by atoms with Gasteiger partial charge in [-0.3, -0.25) is 4.79 Å². The lowest BCUT2D eigenvalue weighted by Gasteiger charge is -2.24. The van der Waals surface area contributed by atoms with Gasteiger partial charge in [0.1, 0.15) is 0 Å². The molecule has 26 heavy (non-hydrogen) atoms. The van der Waals surface area contributed by atoms with Crippen LogP contribution in [0.1, 0.15) is 29.2 Å². The number of nitrogens with zero attached hydrogens (tertiary/aromatic N) is 1. The molecule has 0 saturated heterocycles. The summed E-state index contributed by atoms with van der Waals surface area (Å²) >= 11 is 0. The van der Waals surface area contributed by atoms with Gasteiger partial charge in [-0.25, -0.2) is 8.42 Å². The lowest BCUT2D eigenvalue weighted by Crippen LogP contribution is -2.40. The maximum atomic E-state index is 13.4. The molecule has 0 saturated carbocycles. The minimum absolute atomic E-state index is 0.146. The fourth-order valence-electron chi connectivity index (χ4n) is 3.13. The van der Waals surface area contributed by atoms with Crippen LogP contribution in [0, 0.1) is 20.8 Å². The molecule has 0 bridgehead atoms. The van der Waals surface area contributed by atoms with Crippen molar-refractivity contribution in [1.29, 1.82) is 0 Å². The van der Waals surface area contributed by atoms with Crippen LogP contribution < -0.4 is 5.32 Å². The van der Waals surface area contributed by atoms with Crippen molar-refractivity contribution < 1.29 is 13.2 Å². The van der Waals surface area contributed by atoms with E-state index in [1.165, 1.54) is 4.31 Å². The van der Waals surface area contributed by atoms with Crippen molar-refractivity contribution >= 4 is 15.9 Å². The SMILES string of the molecule is CCNC(=O)CN(Cc1ccccc1)S(=O)(=O)c1c(C)cc(C)cc1C. The second-order valence-corrected chi connectivity index (χ2v) is 8.31. The van der Waals surface area contributed by atoms with E-state index in [2.05, 4.69) is 5.32 Å². The molecule has 2 aromatic carbocycles. The average Bonchev–Trinajstić information content (AvgIpc) is 2.54. The molecule has 1 amide bonds. The van der Waals surface area contributed by atoms with Crippen molar-refractivity contribution in [2.75, 3.05) is 13.1 Å². The molecule has 2 rings (SSSR count). The minimum Gasteiger partial charge on any atom is -0.355 e. The van der Waals surface area contributed by atoms with E-state index in [4.69, 9.17) is 0 Å². The van der Waals surface area contributed by atoms with Crippen LogP contribution >= 0.6 is 0 Å². The summed E-state index contributed by atoms with van der Waals surface area (Å²) < 4.78 is 28.0. The first kappa shape index (κ1) is 20.1. The fraction of sp³-hybridized carbons (Fsp3) is 0.350. The Morgan fingerprint density at radius 2 is 1.62 bits per heavy atom. The third-order valence-corrected chi connectivity index (χ3v) is 6.20. The lowest BCUT2D eigenvalue weighted by atomic mass is 10.1. The molecular formula is C20H26N2O3S. The zero-order valence-electron chi connectivity index (χ0n) is 15.7. The molecular weight excluding hydrogens is 348 g/mol. The molecule has 1 N–H and O–H groups in total. The van der Waals surface area contributed by atoms with E-state index in [9.17, 15) is 13.2 Å². The maximum Gasteiger partial charge on any atom is 0.244 e. The van der Waals surface area contributed by atoms with Crippen LogP contribution in [0.5, 0.6) is 0 Å². The Bertz CT molecular complexity index is 854. The number of rotatable bonds is 7. The van der Waals surface area contributed by atoms with Crippen LogP contribution in [-0.4, -0.2) is 31.7 Å². The number of hydrogen-bond acceptors (Lipinski definition) is 3. The van der Waals surface area contributed by atoms with E-state index in [1.54, 1.807) is 13.8 Å². The number of likely N-dealkylation sites (N-methyl/N-ethyl adjacent to an activating group) is 1. The Kier molecular flexibility index (Phi) is 6.56. The van der Waals surface area contributed by atoms with Crippen LogP contribution in [0.4, 0.5) is 0 Å². The molecule has 0 aromatic heterocycles. The summed E-state index contributed by atoms with van der Waals surface area (Å²) in [5.41, 5.74) is 3.23. The number of aryl methyl sites for hydroxylation is 3. The predicted octanol–water partition coefficient (Wildman–Crippen LogP) is 2.94. The Morgan fingerprint density at radius 1 is 1.04 bits per heavy atom. The quantitative estimate of drug-likeness (QED) is 0.810. The number of sulfonamides is 1. The Hall–Kier alpha value is -2.18. The number of carbonyl (C=O) groups is 1. The summed E-state index contributed by atoms with van der Waals surface area (Å²) in [6, 6.07) is 13.0. The van der Waals surface area contributed by atoms with Gasteiger partial charge in [0.05, 0.1) is 11.4 Å². The molecule has 140 valence electrons. The third-order valence-electron chi connectivity index (χ3n) is 4.10. The number of amides is 1. The summed E-state index contributed by atoms with van der Waals surface area (Å²) in [4.78, 5) is 12.4. The summed E-state index contributed by atoms with van der Waals surface area (Å²) in [6.07, 6.45) is 0. The second-order valence-electron chi connectivity index (χ2n) is 6.44. The van der Waals surface area contributed by atoms with E-state index in [1.807, 2.05) is 56.3 Å². The predicted molar refractivity (Wildman–Crippen MR) is 103 cm³/mol. The number of benzene rings is 2. The Labute approximate surface area is 156 Å². The van der Waals surface area contributed by atoms with E-state index in [0.29, 0.717) is 17.7 Å². The Balaban J connectivity index is 2.47. The van der Waals surface area contributed by atoms with Crippen molar-refractivity contribution in [1.82, 2.24) is 9.62 Å². The molecule has 0 aliphatic heterocycles. The zero-order valence-corrected chi connectivity index (χ0v) is 16.6. The molecule has 0 aliphatic carbocycles. The maximum absolute atomic E-state index is 13.4. The smallest absolute Gasteiger partial charge is 0.244 e. The minimum atomic E-state index is -3.82. The first-order valence-electron chi connectivity index (χ1n) is 8.64. The van der Waals surface area contributed by atoms with Crippen molar-refractivity contribution in [3.05, 3.63) is 64.7 Å². The molecule has 0 unspecified atom stereocenters. The van der Waals surface area contributed by atoms with Crippen molar-refractivity contribution in [3.8, 4) is 0 Å². The van der Waals surface area contributed by atoms with Gasteiger partial charge in [0.25, 0.3) is 0 Å². The van der Waals surface area contributed by atoms with E-state index < -0.39 is 10.0 Å². The van der Waals surface area contributed by atoms with Crippen molar-refractivity contribution in [3.63, 3.8) is 0 Å². The Morgan fingerprint density at radius 3 is 2.15 bits per heavy atom. The van der Waals surface area contributed by atoms with E-state index in [0.717, 1.165) is 11.1 Å². The summed E-state index contributed by atoms with van der Waals surface area (Å²) in [7, 11) is -3.82. The molecule has 0 atom stereocenters. The third kappa shape index (κ3) is 4.71. The van der Waals surface area contributed by atoms with Crippen molar-refractivity contribution in [2.45, 2.75) is 39.1 Å². The van der Waals surface area contributed by atoms with Gasteiger partial charge < -0.3 is 5.32 Å². The molecule has 0 radical (unpaired) electrons. The van der Waals surface area contributed by atoms with Crippen LogP contribution in [0.3, 0.4) is 0 Å². The van der Waals surface area contributed by atoms with Gasteiger partial charge in [0.2, 0.25) is 15.9 Å². The first-order valence-corrected chi connectivity index (χ1v) is 10.1. The monoisotopic (exact) mass is 374 g/mol. The van der Waals surface area contributed by atoms with Gasteiger partial charge in [-0.05, 0) is 44.4 Å². The zero-order chi connectivity index (χ0) is 19.3. The largest absolute Gasteiger partial charge is 0.355 e. The first-order chi connectivity index (χ1) is 12.3. The van der Waals surface area contributed by atoms with Crippen molar-refractivity contribution in [2.24, 2.45) is 0 Å². The highest BCUT2D eigenvalue weighted by Crippen LogP contribution is 2.26. The number of carbonyl (C=O) groups excluding carboxylic acids is 1. The van der Waals surface area contributed by atoms with Gasteiger partial charge in [-0.2, -0.15) is 4.31 Å². The molecule has 0 heterocycles. The molecule has 0 fully saturated rings. The highest BCUT2D eigenvalue weighted by Gasteiger charge is 2.29. The fourth-order valence-corrected chi connectivity index (χ4v) is 4.92. The summed E-state index contributed by atoms with van der Waals surface area (Å²) in [6.45, 7) is 7.72. The van der Waals surface area contributed by atoms with Gasteiger partial charge in [0, 0.05) is 13.1 Å². The number of hydrogen-bond donors (Lipinski definition) is 1. The normalized spacial score (nSPS) is 11.6. The standard InChI is InChI=1S/C20H26N2O3S/c1-5-21-19(23)14-22(13-18-9-7-6-8-10-18)26(24,25)20-16(3)11-15(2)12-17(20)4/h6-12H,5,13-14H2,1-4H3,(H,21,23). The summed E-state index contributed by atoms with van der Waals surface area (Å²) in [5, 5.41) is 2.68. The molecule has 5 nitrogen and oxygen atoms in total. The van der Waals surface area contributed by atoms with Gasteiger partial charge in [0.15, 0.2) is 0 Å². The van der Waals surface area contributed by atoms with Crippen LogP contribution in [0.25, 0.3) is 0 Å². The number of nitrogens with one attached hydrogen (secondary N) is 1. The van der Waals surface area contributed by atoms with Gasteiger partial charge >= 0.3 is 0 Å². The van der Waals surface area contributed by atoms with Gasteiger partial charge in [-0.1, -0.05) is 48.0 Å². The molecule has 0 aliphatic rings.